The Balaban J connectivity index is 1.27. The Hall–Kier alpha value is -3.72. The van der Waals surface area contributed by atoms with Crippen LogP contribution in [0.4, 0.5) is 16.2 Å². The molecule has 230 valence electrons. The van der Waals surface area contributed by atoms with E-state index in [1.807, 2.05) is 64.1 Å². The van der Waals surface area contributed by atoms with Gasteiger partial charge in [0.25, 0.3) is 5.91 Å². The Morgan fingerprint density at radius 1 is 0.886 bits per heavy atom. The molecule has 0 aliphatic carbocycles. The second kappa shape index (κ2) is 13.1. The molecule has 44 heavy (non-hydrogen) atoms. The zero-order valence-electron chi connectivity index (χ0n) is 25.0. The topological polar surface area (TPSA) is 91.3 Å². The third kappa shape index (κ3) is 7.49. The number of urea groups is 1. The molecule has 0 unspecified atom stereocenters. The molecular weight excluding hydrogens is 619 g/mol. The molecule has 5 rings (SSSR count). The third-order valence-corrected chi connectivity index (χ3v) is 8.19. The van der Waals surface area contributed by atoms with Gasteiger partial charge in [0.1, 0.15) is 0 Å². The number of nitrogens with zero attached hydrogens (tertiary/aromatic N) is 3. The van der Waals surface area contributed by atoms with E-state index in [0.717, 1.165) is 54.1 Å². The molecule has 8 nitrogen and oxygen atoms in total. The number of nitrogens with one attached hydrogen (secondary N) is 3. The average Bonchev–Trinajstić information content (AvgIpc) is 3.30. The molecule has 0 atom stereocenters. The molecule has 4 aromatic rings. The lowest BCUT2D eigenvalue weighted by atomic mass is 10.0. The van der Waals surface area contributed by atoms with E-state index in [4.69, 9.17) is 39.9 Å². The summed E-state index contributed by atoms with van der Waals surface area (Å²) >= 11 is 18.9. The molecule has 0 spiro atoms. The predicted molar refractivity (Wildman–Crippen MR) is 180 cm³/mol. The highest BCUT2D eigenvalue weighted by molar-refractivity contribution is 6.35. The first-order valence-electron chi connectivity index (χ1n) is 14.4. The number of hydrogen-bond donors (Lipinski definition) is 3. The molecule has 1 saturated heterocycles. The summed E-state index contributed by atoms with van der Waals surface area (Å²) < 4.78 is 1.69. The molecule has 3 N–H and O–H groups in total. The lowest BCUT2D eigenvalue weighted by Gasteiger charge is -2.34. The molecule has 2 heterocycles. The summed E-state index contributed by atoms with van der Waals surface area (Å²) in [5.41, 5.74) is 4.77. The molecule has 0 radical (unpaired) electrons. The highest BCUT2D eigenvalue weighted by Gasteiger charge is 2.27. The largest absolute Gasteiger partial charge is 0.371 e. The van der Waals surface area contributed by atoms with Crippen LogP contribution in [0.25, 0.3) is 16.9 Å². The first kappa shape index (κ1) is 31.7. The van der Waals surface area contributed by atoms with Gasteiger partial charge in [-0.1, -0.05) is 46.9 Å². The Morgan fingerprint density at radius 2 is 1.52 bits per heavy atom. The minimum atomic E-state index is -0.314. The van der Waals surface area contributed by atoms with Gasteiger partial charge in [0, 0.05) is 57.2 Å². The van der Waals surface area contributed by atoms with Crippen LogP contribution in [-0.4, -0.2) is 46.4 Å². The summed E-state index contributed by atoms with van der Waals surface area (Å²) in [5, 5.41) is 15.3. The van der Waals surface area contributed by atoms with Gasteiger partial charge in [0.05, 0.1) is 16.4 Å². The minimum absolute atomic E-state index is 0.00318. The van der Waals surface area contributed by atoms with Crippen LogP contribution in [0.5, 0.6) is 0 Å². The standard InChI is InChI=1S/C33H35Cl3N6O2/c1-20-29(40-42(28-14-9-23(35)19-27(28)36)30(20)21-5-7-22(34)8-6-21)31(43)37-25-15-17-41(18-16-25)26-12-10-24(11-13-26)38-32(44)39-33(2,3)4/h5-14,19,25H,15-18H2,1-4H3,(H,37,43)(H2,38,39,44). The second-order valence-electron chi connectivity index (χ2n) is 11.9. The first-order chi connectivity index (χ1) is 20.9. The zero-order chi connectivity index (χ0) is 31.6. The lowest BCUT2D eigenvalue weighted by molar-refractivity contribution is 0.0925. The fourth-order valence-corrected chi connectivity index (χ4v) is 5.89. The van der Waals surface area contributed by atoms with Gasteiger partial charge < -0.3 is 20.9 Å². The maximum Gasteiger partial charge on any atom is 0.319 e. The number of hydrogen-bond acceptors (Lipinski definition) is 4. The van der Waals surface area contributed by atoms with Crippen molar-refractivity contribution < 1.29 is 9.59 Å². The summed E-state index contributed by atoms with van der Waals surface area (Å²) in [6, 6.07) is 20.2. The maximum absolute atomic E-state index is 13.6. The number of benzene rings is 3. The molecule has 0 saturated carbocycles. The quantitative estimate of drug-likeness (QED) is 0.196. The van der Waals surface area contributed by atoms with Crippen molar-refractivity contribution in [3.05, 3.63) is 93.1 Å². The van der Waals surface area contributed by atoms with Gasteiger partial charge in [-0.3, -0.25) is 4.79 Å². The van der Waals surface area contributed by atoms with Gasteiger partial charge >= 0.3 is 6.03 Å². The Labute approximate surface area is 272 Å². The van der Waals surface area contributed by atoms with Crippen molar-refractivity contribution in [1.29, 1.82) is 0 Å². The number of aromatic nitrogens is 2. The summed E-state index contributed by atoms with van der Waals surface area (Å²) in [5.74, 6) is -0.232. The summed E-state index contributed by atoms with van der Waals surface area (Å²) in [6.45, 7) is 9.26. The van der Waals surface area contributed by atoms with Crippen LogP contribution < -0.4 is 20.9 Å². The normalized spacial score (nSPS) is 13.9. The predicted octanol–water partition coefficient (Wildman–Crippen LogP) is 8.13. The van der Waals surface area contributed by atoms with E-state index in [-0.39, 0.29) is 23.5 Å². The van der Waals surface area contributed by atoms with Gasteiger partial charge in [0.15, 0.2) is 5.69 Å². The van der Waals surface area contributed by atoms with Gasteiger partial charge in [0.2, 0.25) is 0 Å². The number of halogens is 3. The smallest absolute Gasteiger partial charge is 0.319 e. The summed E-state index contributed by atoms with van der Waals surface area (Å²) in [4.78, 5) is 28.1. The first-order valence-corrected chi connectivity index (χ1v) is 15.6. The van der Waals surface area contributed by atoms with E-state index >= 15 is 0 Å². The fraction of sp³-hybridized carbons (Fsp3) is 0.303. The number of rotatable bonds is 6. The van der Waals surface area contributed by atoms with Gasteiger partial charge in [-0.05, 0) is 95.1 Å². The SMILES string of the molecule is Cc1c(C(=O)NC2CCN(c3ccc(NC(=O)NC(C)(C)C)cc3)CC2)nn(-c2ccc(Cl)cc2Cl)c1-c1ccc(Cl)cc1. The molecule has 3 amide bonds. The molecule has 1 aliphatic heterocycles. The zero-order valence-corrected chi connectivity index (χ0v) is 27.3. The molecule has 1 fully saturated rings. The summed E-state index contributed by atoms with van der Waals surface area (Å²) in [6.07, 6.45) is 1.57. The van der Waals surface area contributed by atoms with Crippen LogP contribution in [-0.2, 0) is 0 Å². The van der Waals surface area contributed by atoms with Crippen molar-refractivity contribution in [1.82, 2.24) is 20.4 Å². The van der Waals surface area contributed by atoms with Gasteiger partial charge in [-0.15, -0.1) is 0 Å². The average molecular weight is 654 g/mol. The van der Waals surface area contributed by atoms with Crippen LogP contribution in [0.1, 0.15) is 49.7 Å². The molecular formula is C33H35Cl3N6O2. The minimum Gasteiger partial charge on any atom is -0.371 e. The third-order valence-electron chi connectivity index (χ3n) is 7.40. The van der Waals surface area contributed by atoms with E-state index in [2.05, 4.69) is 20.9 Å². The number of carbonyl (C=O) groups excluding carboxylic acids is 2. The van der Waals surface area contributed by atoms with Crippen molar-refractivity contribution in [3.63, 3.8) is 0 Å². The Kier molecular flexibility index (Phi) is 9.44. The summed E-state index contributed by atoms with van der Waals surface area (Å²) in [7, 11) is 0. The van der Waals surface area contributed by atoms with Crippen LogP contribution in [0.2, 0.25) is 15.1 Å². The number of amides is 3. The van der Waals surface area contributed by atoms with E-state index < -0.39 is 0 Å². The molecule has 1 aliphatic rings. The molecule has 1 aromatic heterocycles. The van der Waals surface area contributed by atoms with Crippen molar-refractivity contribution >= 4 is 58.1 Å². The van der Waals surface area contributed by atoms with Crippen molar-refractivity contribution in [2.24, 2.45) is 0 Å². The van der Waals surface area contributed by atoms with Crippen LogP contribution in [0.15, 0.2) is 66.7 Å². The van der Waals surface area contributed by atoms with E-state index in [1.54, 1.807) is 35.0 Å². The molecule has 11 heteroatoms. The van der Waals surface area contributed by atoms with E-state index in [1.165, 1.54) is 0 Å². The van der Waals surface area contributed by atoms with Crippen molar-refractivity contribution in [2.75, 3.05) is 23.3 Å². The van der Waals surface area contributed by atoms with Crippen LogP contribution in [0, 0.1) is 6.92 Å². The lowest BCUT2D eigenvalue weighted by Crippen LogP contribution is -2.45. The monoisotopic (exact) mass is 652 g/mol. The van der Waals surface area contributed by atoms with E-state index in [9.17, 15) is 9.59 Å². The highest BCUT2D eigenvalue weighted by atomic mass is 35.5. The Bertz CT molecular complexity index is 1650. The highest BCUT2D eigenvalue weighted by Crippen LogP contribution is 2.33. The number of anilines is 2. The van der Waals surface area contributed by atoms with Crippen molar-refractivity contribution in [3.8, 4) is 16.9 Å². The van der Waals surface area contributed by atoms with E-state index in [0.29, 0.717) is 26.4 Å². The number of piperidine rings is 1. The molecule has 3 aromatic carbocycles. The van der Waals surface area contributed by atoms with Crippen molar-refractivity contribution in [2.45, 2.75) is 52.1 Å². The Morgan fingerprint density at radius 3 is 2.14 bits per heavy atom. The van der Waals surface area contributed by atoms with Crippen LogP contribution in [0.3, 0.4) is 0 Å². The maximum atomic E-state index is 13.6. The fourth-order valence-electron chi connectivity index (χ4n) is 5.28. The second-order valence-corrected chi connectivity index (χ2v) is 13.2. The van der Waals surface area contributed by atoms with Gasteiger partial charge in [-0.2, -0.15) is 5.10 Å². The molecule has 0 bridgehead atoms. The number of carbonyl (C=O) groups is 2. The van der Waals surface area contributed by atoms with Crippen LogP contribution >= 0.6 is 34.8 Å². The van der Waals surface area contributed by atoms with Gasteiger partial charge in [-0.25, -0.2) is 9.48 Å².